The topological polar surface area (TPSA) is 110 Å². The first-order valence-electron chi connectivity index (χ1n) is 31.9. The number of carbonyl (C=O) groups is 1. The fourth-order valence-corrected chi connectivity index (χ4v) is 10.6. The molecule has 414 valence electrons. The zero-order valence-electron chi connectivity index (χ0n) is 47.1. The lowest BCUT2D eigenvalue weighted by molar-refractivity contribution is -0.132. The van der Waals surface area contributed by atoms with Gasteiger partial charge in [-0.25, -0.2) is 0 Å². The van der Waals surface area contributed by atoms with E-state index in [9.17, 15) is 25.2 Å². The molecule has 6 heteroatoms. The standard InChI is InChI=1S/C63H127NO5/c1-3-5-7-9-11-13-15-17-19-21-23-25-27-29-31-33-35-37-39-41-43-45-47-49-51-53-55-57-61(67)63(69)64-59(58-65)62(68)60(66)56-54-52-50-48-46-44-42-40-38-36-34-32-30-28-26-24-22-20-18-16-14-12-10-8-6-4-2/h59-62,65-68H,3-58H2,1-2H3,(H,64,69). The van der Waals surface area contributed by atoms with Gasteiger partial charge in [0.15, 0.2) is 0 Å². The maximum Gasteiger partial charge on any atom is 0.249 e. The van der Waals surface area contributed by atoms with E-state index in [0.29, 0.717) is 12.8 Å². The molecule has 0 aliphatic heterocycles. The second kappa shape index (κ2) is 58.2. The SMILES string of the molecule is CCCCCCCCCCCCCCCCCCCCCCCCCCCCCC(O)C(=O)NC(CO)C(O)C(O)CCCCCCCCCCCCCCCCCCCCCCCCCCCC. The minimum Gasteiger partial charge on any atom is -0.394 e. The van der Waals surface area contributed by atoms with Crippen LogP contribution in [0.5, 0.6) is 0 Å². The van der Waals surface area contributed by atoms with Crippen LogP contribution in [0.15, 0.2) is 0 Å². The van der Waals surface area contributed by atoms with Crippen molar-refractivity contribution in [3.8, 4) is 0 Å². The van der Waals surface area contributed by atoms with Gasteiger partial charge in [-0.2, -0.15) is 0 Å². The highest BCUT2D eigenvalue weighted by molar-refractivity contribution is 5.80. The first kappa shape index (κ1) is 68.3. The van der Waals surface area contributed by atoms with Crippen molar-refractivity contribution in [2.75, 3.05) is 6.61 Å². The van der Waals surface area contributed by atoms with E-state index < -0.39 is 36.9 Å². The van der Waals surface area contributed by atoms with Gasteiger partial charge in [-0.15, -0.1) is 0 Å². The Morgan fingerprint density at radius 3 is 0.696 bits per heavy atom. The molecule has 4 atom stereocenters. The molecule has 0 aromatic heterocycles. The quantitative estimate of drug-likeness (QED) is 0.0390. The third-order valence-electron chi connectivity index (χ3n) is 15.6. The van der Waals surface area contributed by atoms with E-state index in [0.717, 1.165) is 38.5 Å². The number of aliphatic hydroxyl groups is 4. The summed E-state index contributed by atoms with van der Waals surface area (Å²) in [6, 6.07) is -0.981. The summed E-state index contributed by atoms with van der Waals surface area (Å²) in [5.41, 5.74) is 0. The second-order valence-electron chi connectivity index (χ2n) is 22.5. The van der Waals surface area contributed by atoms with Crippen molar-refractivity contribution in [2.45, 2.75) is 391 Å². The van der Waals surface area contributed by atoms with Gasteiger partial charge in [0.25, 0.3) is 0 Å². The third kappa shape index (κ3) is 52.0. The molecule has 0 rings (SSSR count). The number of nitrogens with one attached hydrogen (secondary N) is 1. The van der Waals surface area contributed by atoms with Crippen LogP contribution in [0.1, 0.15) is 367 Å². The van der Waals surface area contributed by atoms with Crippen LogP contribution in [0.4, 0.5) is 0 Å². The lowest BCUT2D eigenvalue weighted by atomic mass is 9.99. The van der Waals surface area contributed by atoms with E-state index in [1.54, 1.807) is 0 Å². The molecule has 0 radical (unpaired) electrons. The highest BCUT2D eigenvalue weighted by Crippen LogP contribution is 2.20. The van der Waals surface area contributed by atoms with Crippen LogP contribution in [0.2, 0.25) is 0 Å². The predicted molar refractivity (Wildman–Crippen MR) is 302 cm³/mol. The maximum atomic E-state index is 12.6. The van der Waals surface area contributed by atoms with E-state index in [2.05, 4.69) is 19.2 Å². The maximum absolute atomic E-state index is 12.6. The molecule has 0 aliphatic rings. The Morgan fingerprint density at radius 2 is 0.493 bits per heavy atom. The van der Waals surface area contributed by atoms with E-state index in [1.165, 1.54) is 302 Å². The number of hydrogen-bond donors (Lipinski definition) is 5. The minimum absolute atomic E-state index is 0.377. The number of unbranched alkanes of at least 4 members (excludes halogenated alkanes) is 51. The lowest BCUT2D eigenvalue weighted by Gasteiger charge is -2.27. The summed E-state index contributed by atoms with van der Waals surface area (Å²) in [7, 11) is 0. The molecule has 6 nitrogen and oxygen atoms in total. The third-order valence-corrected chi connectivity index (χ3v) is 15.6. The Hall–Kier alpha value is -0.690. The van der Waals surface area contributed by atoms with Crippen LogP contribution in [0, 0.1) is 0 Å². The molecule has 0 bridgehead atoms. The van der Waals surface area contributed by atoms with E-state index >= 15 is 0 Å². The predicted octanol–water partition coefficient (Wildman–Crippen LogP) is 19.0. The first-order valence-corrected chi connectivity index (χ1v) is 31.9. The Kier molecular flexibility index (Phi) is 57.6. The van der Waals surface area contributed by atoms with Gasteiger partial charge in [-0.05, 0) is 12.8 Å². The van der Waals surface area contributed by atoms with Crippen molar-refractivity contribution in [3.63, 3.8) is 0 Å². The molecule has 4 unspecified atom stereocenters. The summed E-state index contributed by atoms with van der Waals surface area (Å²) in [4.78, 5) is 12.6. The molecule has 0 heterocycles. The molecule has 0 spiro atoms. The Balaban J connectivity index is 3.54. The molecule has 5 N–H and O–H groups in total. The molecule has 0 saturated heterocycles. The Bertz CT molecular complexity index is 964. The number of rotatable bonds is 60. The second-order valence-corrected chi connectivity index (χ2v) is 22.5. The van der Waals surface area contributed by atoms with Gasteiger partial charge in [0, 0.05) is 0 Å². The van der Waals surface area contributed by atoms with Crippen molar-refractivity contribution in [2.24, 2.45) is 0 Å². The zero-order chi connectivity index (χ0) is 50.2. The van der Waals surface area contributed by atoms with Crippen molar-refractivity contribution in [3.05, 3.63) is 0 Å². The number of amides is 1. The molecule has 0 aromatic carbocycles. The Labute approximate surface area is 432 Å². The molecule has 0 fully saturated rings. The fraction of sp³-hybridized carbons (Fsp3) is 0.984. The van der Waals surface area contributed by atoms with Gasteiger partial charge in [0.1, 0.15) is 12.2 Å². The first-order chi connectivity index (χ1) is 34.0. The van der Waals surface area contributed by atoms with Gasteiger partial charge in [0.05, 0.1) is 18.8 Å². The summed E-state index contributed by atoms with van der Waals surface area (Å²) in [5, 5.41) is 44.2. The average Bonchev–Trinajstić information content (AvgIpc) is 3.35. The number of aliphatic hydroxyl groups excluding tert-OH is 4. The fourth-order valence-electron chi connectivity index (χ4n) is 10.6. The molecular formula is C63H127NO5. The molecule has 0 aromatic rings. The zero-order valence-corrected chi connectivity index (χ0v) is 47.1. The summed E-state index contributed by atoms with van der Waals surface area (Å²) in [6.45, 7) is 4.11. The van der Waals surface area contributed by atoms with E-state index in [1.807, 2.05) is 0 Å². The summed E-state index contributed by atoms with van der Waals surface area (Å²) in [5.74, 6) is -0.574. The highest BCUT2D eigenvalue weighted by atomic mass is 16.3. The molecular weight excluding hydrogens is 851 g/mol. The smallest absolute Gasteiger partial charge is 0.249 e. The largest absolute Gasteiger partial charge is 0.394 e. The van der Waals surface area contributed by atoms with Crippen LogP contribution >= 0.6 is 0 Å². The van der Waals surface area contributed by atoms with Gasteiger partial charge in [0.2, 0.25) is 5.91 Å². The van der Waals surface area contributed by atoms with Gasteiger partial charge in [-0.3, -0.25) is 4.79 Å². The van der Waals surface area contributed by atoms with Crippen LogP contribution in [0.3, 0.4) is 0 Å². The van der Waals surface area contributed by atoms with Crippen molar-refractivity contribution in [1.82, 2.24) is 5.32 Å². The highest BCUT2D eigenvalue weighted by Gasteiger charge is 2.28. The monoisotopic (exact) mass is 978 g/mol. The molecule has 69 heavy (non-hydrogen) atoms. The molecule has 1 amide bonds. The number of carbonyl (C=O) groups excluding carboxylic acids is 1. The summed E-state index contributed by atoms with van der Waals surface area (Å²) >= 11 is 0. The summed E-state index contributed by atoms with van der Waals surface area (Å²) in [6.07, 6.45) is 69.1. The van der Waals surface area contributed by atoms with Crippen LogP contribution in [-0.4, -0.2) is 57.3 Å². The van der Waals surface area contributed by atoms with E-state index in [4.69, 9.17) is 0 Å². The van der Waals surface area contributed by atoms with E-state index in [-0.39, 0.29) is 0 Å². The van der Waals surface area contributed by atoms with Crippen molar-refractivity contribution >= 4 is 5.91 Å². The average molecular weight is 979 g/mol. The van der Waals surface area contributed by atoms with Crippen LogP contribution in [0.25, 0.3) is 0 Å². The lowest BCUT2D eigenvalue weighted by Crippen LogP contribution is -2.53. The Morgan fingerprint density at radius 1 is 0.304 bits per heavy atom. The number of hydrogen-bond acceptors (Lipinski definition) is 5. The minimum atomic E-state index is -1.26. The summed E-state index contributed by atoms with van der Waals surface area (Å²) < 4.78 is 0. The van der Waals surface area contributed by atoms with Crippen LogP contribution in [-0.2, 0) is 4.79 Å². The van der Waals surface area contributed by atoms with Gasteiger partial charge in [-0.1, -0.05) is 354 Å². The van der Waals surface area contributed by atoms with Gasteiger partial charge < -0.3 is 25.7 Å². The normalized spacial score (nSPS) is 13.5. The van der Waals surface area contributed by atoms with Crippen LogP contribution < -0.4 is 5.32 Å². The van der Waals surface area contributed by atoms with Crippen molar-refractivity contribution in [1.29, 1.82) is 0 Å². The molecule has 0 aliphatic carbocycles. The molecule has 0 saturated carbocycles. The van der Waals surface area contributed by atoms with Crippen molar-refractivity contribution < 1.29 is 25.2 Å². The van der Waals surface area contributed by atoms with Gasteiger partial charge >= 0.3 is 0 Å².